The molecule has 44 heavy (non-hydrogen) atoms. The van der Waals surface area contributed by atoms with Crippen LogP contribution in [0.1, 0.15) is 12.6 Å². The first-order valence-electron chi connectivity index (χ1n) is 13.4. The Kier molecular flexibility index (Phi) is 8.27. The highest BCUT2D eigenvalue weighted by molar-refractivity contribution is 7.89. The molecule has 230 valence electrons. The number of aryl methyl sites for hydroxylation is 1. The average molecular weight is 644 g/mol. The molecule has 0 unspecified atom stereocenters. The second-order valence-corrected chi connectivity index (χ2v) is 12.9. The van der Waals surface area contributed by atoms with Crippen LogP contribution in [0, 0.1) is 18.6 Å². The smallest absolute Gasteiger partial charge is 0.350 e. The number of aromatic nitrogens is 4. The monoisotopic (exact) mass is 643 g/mol. The Hall–Kier alpha value is -4.27. The van der Waals surface area contributed by atoms with Crippen molar-refractivity contribution in [1.29, 1.82) is 0 Å². The van der Waals surface area contributed by atoms with Gasteiger partial charge in [-0.2, -0.15) is 4.98 Å². The van der Waals surface area contributed by atoms with E-state index in [1.54, 1.807) is 9.80 Å². The van der Waals surface area contributed by atoms with E-state index in [1.165, 1.54) is 51.5 Å². The van der Waals surface area contributed by atoms with Gasteiger partial charge in [0.1, 0.15) is 22.2 Å². The van der Waals surface area contributed by atoms with Crippen LogP contribution in [0.25, 0.3) is 28.0 Å². The molecule has 4 heterocycles. The number of hydrogen-bond donors (Lipinski definition) is 0. The zero-order chi connectivity index (χ0) is 32.1. The van der Waals surface area contributed by atoms with Gasteiger partial charge in [0.2, 0.25) is 15.9 Å². The molecule has 0 bridgehead atoms. The molecule has 1 aliphatic rings. The van der Waals surface area contributed by atoms with Crippen LogP contribution < -0.4 is 10.6 Å². The fraction of sp³-hybridized carbons (Fsp3) is 0.276. The highest BCUT2D eigenvalue weighted by Gasteiger charge is 2.32. The molecule has 4 aromatic rings. The number of rotatable bonds is 6. The molecule has 15 heteroatoms. The summed E-state index contributed by atoms with van der Waals surface area (Å²) in [4.78, 5) is 42.2. The van der Waals surface area contributed by atoms with E-state index in [0.29, 0.717) is 0 Å². The lowest BCUT2D eigenvalue weighted by atomic mass is 10.1. The van der Waals surface area contributed by atoms with E-state index in [1.807, 2.05) is 6.92 Å². The van der Waals surface area contributed by atoms with Gasteiger partial charge in [-0.15, -0.1) is 0 Å². The van der Waals surface area contributed by atoms with Gasteiger partial charge in [0.15, 0.2) is 11.5 Å². The van der Waals surface area contributed by atoms with E-state index < -0.39 is 33.0 Å². The van der Waals surface area contributed by atoms with Crippen molar-refractivity contribution in [2.24, 2.45) is 0 Å². The third-order valence-corrected chi connectivity index (χ3v) is 9.60. The molecule has 1 amide bonds. The minimum absolute atomic E-state index is 0.0464. The molecule has 1 aromatic carbocycles. The van der Waals surface area contributed by atoms with Crippen LogP contribution in [0.15, 0.2) is 58.9 Å². The zero-order valence-electron chi connectivity index (χ0n) is 24.3. The highest BCUT2D eigenvalue weighted by Crippen LogP contribution is 2.36. The normalized spacial score (nSPS) is 15.7. The van der Waals surface area contributed by atoms with E-state index in [4.69, 9.17) is 11.6 Å². The number of fused-ring (bicyclic) bond motifs is 1. The number of carbonyl (C=O) groups is 1. The summed E-state index contributed by atoms with van der Waals surface area (Å²) in [6.07, 6.45) is 2.50. The summed E-state index contributed by atoms with van der Waals surface area (Å²) in [6, 6.07) is 5.75. The summed E-state index contributed by atoms with van der Waals surface area (Å²) in [5.74, 6) is -1.99. The number of piperazine rings is 1. The van der Waals surface area contributed by atoms with Crippen molar-refractivity contribution in [2.45, 2.75) is 24.8 Å². The molecule has 1 saturated heterocycles. The molecule has 5 rings (SSSR count). The lowest BCUT2D eigenvalue weighted by molar-refractivity contribution is -0.126. The lowest BCUT2D eigenvalue weighted by Crippen LogP contribution is -2.54. The number of amides is 1. The number of benzene rings is 1. The number of hydrogen-bond acceptors (Lipinski definition) is 8. The standard InChI is InChI=1S/C29H28ClF2N7O4S/c1-6-23(40)37-12-13-38(16(2)15-37)27-18-14-21(32)25(24-19(30)8-7-9-20(24)31)34-28(18)39(29(41)35-27)26-17(3)33-11-10-22(26)44(42,43)36(4)5/h6-11,14,16H,1,12-13,15H2,2-5H3/t16-/m0/s1. The van der Waals surface area contributed by atoms with Crippen molar-refractivity contribution in [2.75, 3.05) is 38.6 Å². The van der Waals surface area contributed by atoms with Gasteiger partial charge in [-0.3, -0.25) is 9.78 Å². The van der Waals surface area contributed by atoms with Crippen LogP contribution in [0.3, 0.4) is 0 Å². The molecular formula is C29H28ClF2N7O4S. The van der Waals surface area contributed by atoms with Gasteiger partial charge < -0.3 is 9.80 Å². The Bertz CT molecular complexity index is 1980. The van der Waals surface area contributed by atoms with Crippen LogP contribution in [0.2, 0.25) is 5.02 Å². The lowest BCUT2D eigenvalue weighted by Gasteiger charge is -2.40. The van der Waals surface area contributed by atoms with Gasteiger partial charge >= 0.3 is 5.69 Å². The van der Waals surface area contributed by atoms with Gasteiger partial charge in [0.25, 0.3) is 0 Å². The van der Waals surface area contributed by atoms with Gasteiger partial charge in [-0.05, 0) is 44.2 Å². The predicted octanol–water partition coefficient (Wildman–Crippen LogP) is 3.56. The molecule has 0 radical (unpaired) electrons. The summed E-state index contributed by atoms with van der Waals surface area (Å²) < 4.78 is 59.6. The fourth-order valence-electron chi connectivity index (χ4n) is 5.24. The second kappa shape index (κ2) is 11.7. The zero-order valence-corrected chi connectivity index (χ0v) is 25.8. The van der Waals surface area contributed by atoms with Crippen LogP contribution in [0.4, 0.5) is 14.6 Å². The van der Waals surface area contributed by atoms with Gasteiger partial charge in [0, 0.05) is 46.0 Å². The topological polar surface area (TPSA) is 122 Å². The SMILES string of the molecule is C=CC(=O)N1CCN(c2nc(=O)n(-c3c(S(=O)(=O)N(C)C)ccnc3C)c3nc(-c4c(F)cccc4Cl)c(F)cc23)[C@@H](C)C1. The fourth-order valence-corrected chi connectivity index (χ4v) is 6.60. The first-order chi connectivity index (χ1) is 20.8. The Morgan fingerprint density at radius 2 is 1.89 bits per heavy atom. The van der Waals surface area contributed by atoms with E-state index in [0.717, 1.165) is 21.0 Å². The average Bonchev–Trinajstić information content (AvgIpc) is 2.97. The van der Waals surface area contributed by atoms with Crippen molar-refractivity contribution in [3.05, 3.63) is 82.0 Å². The number of carbonyl (C=O) groups excluding carboxylic acids is 1. The minimum Gasteiger partial charge on any atom is -0.350 e. The quantitative estimate of drug-likeness (QED) is 0.293. The number of nitrogens with zero attached hydrogens (tertiary/aromatic N) is 7. The summed E-state index contributed by atoms with van der Waals surface area (Å²) in [5, 5.41) is -0.0749. The van der Waals surface area contributed by atoms with Crippen molar-refractivity contribution >= 4 is 44.4 Å². The van der Waals surface area contributed by atoms with Crippen LogP contribution >= 0.6 is 11.6 Å². The first-order valence-corrected chi connectivity index (χ1v) is 15.2. The Labute approximate surface area is 257 Å². The molecule has 1 atom stereocenters. The number of pyridine rings is 2. The Morgan fingerprint density at radius 3 is 2.52 bits per heavy atom. The predicted molar refractivity (Wildman–Crippen MR) is 162 cm³/mol. The number of sulfonamides is 1. The van der Waals surface area contributed by atoms with E-state index >= 15 is 8.78 Å². The van der Waals surface area contributed by atoms with Crippen molar-refractivity contribution in [3.8, 4) is 16.9 Å². The summed E-state index contributed by atoms with van der Waals surface area (Å²) in [5.41, 5.74) is -1.94. The molecule has 0 saturated carbocycles. The Morgan fingerprint density at radius 1 is 1.16 bits per heavy atom. The largest absolute Gasteiger partial charge is 0.355 e. The van der Waals surface area contributed by atoms with Crippen LogP contribution in [-0.2, 0) is 14.8 Å². The Balaban J connectivity index is 1.87. The maximum atomic E-state index is 15.9. The van der Waals surface area contributed by atoms with Gasteiger partial charge in [-0.25, -0.2) is 35.8 Å². The molecule has 3 aromatic heterocycles. The van der Waals surface area contributed by atoms with Crippen molar-refractivity contribution in [3.63, 3.8) is 0 Å². The molecule has 0 N–H and O–H groups in total. The van der Waals surface area contributed by atoms with E-state index in [9.17, 15) is 18.0 Å². The summed E-state index contributed by atoms with van der Waals surface area (Å²) in [7, 11) is -1.47. The molecule has 1 fully saturated rings. The number of halogens is 3. The summed E-state index contributed by atoms with van der Waals surface area (Å²) >= 11 is 6.27. The molecular weight excluding hydrogens is 616 g/mol. The third-order valence-electron chi connectivity index (χ3n) is 7.44. The van der Waals surface area contributed by atoms with E-state index in [-0.39, 0.29) is 75.3 Å². The van der Waals surface area contributed by atoms with Gasteiger partial charge in [0.05, 0.1) is 27.4 Å². The summed E-state index contributed by atoms with van der Waals surface area (Å²) in [6.45, 7) is 7.62. The molecule has 0 aliphatic carbocycles. The van der Waals surface area contributed by atoms with Crippen LogP contribution in [-0.4, -0.2) is 82.8 Å². The molecule has 11 nitrogen and oxygen atoms in total. The third kappa shape index (κ3) is 5.22. The maximum Gasteiger partial charge on any atom is 0.355 e. The first kappa shape index (κ1) is 31.2. The van der Waals surface area contributed by atoms with Gasteiger partial charge in [-0.1, -0.05) is 24.2 Å². The molecule has 0 spiro atoms. The van der Waals surface area contributed by atoms with Crippen molar-refractivity contribution < 1.29 is 22.0 Å². The molecule has 1 aliphatic heterocycles. The minimum atomic E-state index is -4.14. The number of anilines is 1. The maximum absolute atomic E-state index is 15.9. The highest BCUT2D eigenvalue weighted by atomic mass is 35.5. The second-order valence-electron chi connectivity index (χ2n) is 10.4. The van der Waals surface area contributed by atoms with Crippen LogP contribution in [0.5, 0.6) is 0 Å². The van der Waals surface area contributed by atoms with E-state index in [2.05, 4.69) is 21.5 Å². The van der Waals surface area contributed by atoms with Crippen molar-refractivity contribution in [1.82, 2.24) is 28.7 Å².